The molecule has 0 unspecified atom stereocenters. The molecule has 0 aromatic carbocycles. The predicted molar refractivity (Wildman–Crippen MR) is 61.8 cm³/mol. The molecule has 82 valence electrons. The number of ether oxygens (including phenoxy) is 1. The van der Waals surface area contributed by atoms with Crippen LogP contribution in [0.1, 0.15) is 25.1 Å². The normalized spacial score (nSPS) is 18.3. The molecule has 0 bridgehead atoms. The lowest BCUT2D eigenvalue weighted by Crippen LogP contribution is -2.38. The van der Waals surface area contributed by atoms with Crippen LogP contribution in [0, 0.1) is 0 Å². The molecule has 1 aliphatic rings. The maximum absolute atomic E-state index is 5.53. The number of hydrogen-bond acceptors (Lipinski definition) is 4. The molecule has 1 aromatic heterocycles. The van der Waals surface area contributed by atoms with E-state index < -0.39 is 0 Å². The van der Waals surface area contributed by atoms with Crippen LogP contribution >= 0.6 is 15.9 Å². The van der Waals surface area contributed by atoms with Crippen molar-refractivity contribution in [1.82, 2.24) is 9.97 Å². The lowest BCUT2D eigenvalue weighted by Gasteiger charge is -2.38. The number of aromatic nitrogens is 2. The summed E-state index contributed by atoms with van der Waals surface area (Å²) in [6.07, 6.45) is 4.97. The van der Waals surface area contributed by atoms with Gasteiger partial charge >= 0.3 is 0 Å². The molecule has 1 heterocycles. The molecule has 2 rings (SSSR count). The third-order valence-electron chi connectivity index (χ3n) is 2.94. The van der Waals surface area contributed by atoms with E-state index in [1.807, 2.05) is 7.05 Å². The molecular formula is C10H14BrN3O. The summed E-state index contributed by atoms with van der Waals surface area (Å²) < 4.78 is 6.41. The van der Waals surface area contributed by atoms with Gasteiger partial charge in [0.2, 0.25) is 0 Å². The zero-order valence-electron chi connectivity index (χ0n) is 8.88. The lowest BCUT2D eigenvalue weighted by molar-refractivity contribution is -0.0845. The van der Waals surface area contributed by atoms with E-state index in [2.05, 4.69) is 31.2 Å². The molecule has 1 N–H and O–H groups in total. The van der Waals surface area contributed by atoms with Crippen LogP contribution in [0.2, 0.25) is 0 Å². The average molecular weight is 272 g/mol. The van der Waals surface area contributed by atoms with E-state index in [9.17, 15) is 0 Å². The summed E-state index contributed by atoms with van der Waals surface area (Å²) in [4.78, 5) is 8.79. The van der Waals surface area contributed by atoms with E-state index in [-0.39, 0.29) is 5.60 Å². The second-order valence-electron chi connectivity index (χ2n) is 3.69. The van der Waals surface area contributed by atoms with E-state index in [0.29, 0.717) is 0 Å². The highest BCUT2D eigenvalue weighted by Crippen LogP contribution is 2.43. The largest absolute Gasteiger partial charge is 0.372 e. The van der Waals surface area contributed by atoms with E-state index in [4.69, 9.17) is 4.74 Å². The maximum Gasteiger partial charge on any atom is 0.162 e. The minimum atomic E-state index is -0.244. The highest BCUT2D eigenvalue weighted by Gasteiger charge is 2.41. The number of methoxy groups -OCH3 is 1. The van der Waals surface area contributed by atoms with Crippen molar-refractivity contribution in [1.29, 1.82) is 0 Å². The van der Waals surface area contributed by atoms with Gasteiger partial charge in [-0.15, -0.1) is 0 Å². The molecule has 1 saturated carbocycles. The Bertz CT molecular complexity index is 360. The Morgan fingerprint density at radius 1 is 1.53 bits per heavy atom. The zero-order valence-corrected chi connectivity index (χ0v) is 10.5. The van der Waals surface area contributed by atoms with E-state index >= 15 is 0 Å². The summed E-state index contributed by atoms with van der Waals surface area (Å²) in [7, 11) is 3.57. The number of nitrogens with zero attached hydrogens (tertiary/aromatic N) is 2. The zero-order chi connectivity index (χ0) is 10.9. The Morgan fingerprint density at radius 2 is 2.27 bits per heavy atom. The summed E-state index contributed by atoms with van der Waals surface area (Å²) in [5, 5.41) is 3.03. The van der Waals surface area contributed by atoms with Crippen molar-refractivity contribution < 1.29 is 4.74 Å². The molecule has 1 aliphatic carbocycles. The average Bonchev–Trinajstić information content (AvgIpc) is 2.19. The van der Waals surface area contributed by atoms with Gasteiger partial charge in [0.25, 0.3) is 0 Å². The molecule has 0 atom stereocenters. The van der Waals surface area contributed by atoms with Gasteiger partial charge in [-0.05, 0) is 35.2 Å². The summed E-state index contributed by atoms with van der Waals surface area (Å²) in [5.74, 6) is 1.59. The first-order valence-corrected chi connectivity index (χ1v) is 5.77. The van der Waals surface area contributed by atoms with Gasteiger partial charge in [-0.25, -0.2) is 9.97 Å². The molecule has 0 saturated heterocycles. The van der Waals surface area contributed by atoms with Crippen molar-refractivity contribution in [2.75, 3.05) is 19.5 Å². The van der Waals surface area contributed by atoms with E-state index in [1.165, 1.54) is 6.42 Å². The van der Waals surface area contributed by atoms with Gasteiger partial charge in [-0.2, -0.15) is 0 Å². The van der Waals surface area contributed by atoms with Crippen molar-refractivity contribution in [3.8, 4) is 0 Å². The summed E-state index contributed by atoms with van der Waals surface area (Å²) in [6, 6.07) is 0. The van der Waals surface area contributed by atoms with Crippen LogP contribution < -0.4 is 5.32 Å². The first kappa shape index (κ1) is 10.8. The van der Waals surface area contributed by atoms with E-state index in [0.717, 1.165) is 29.0 Å². The van der Waals surface area contributed by atoms with Crippen molar-refractivity contribution >= 4 is 21.7 Å². The smallest absolute Gasteiger partial charge is 0.162 e. The van der Waals surface area contributed by atoms with Crippen LogP contribution in [0.25, 0.3) is 0 Å². The van der Waals surface area contributed by atoms with Crippen LogP contribution in [0.5, 0.6) is 0 Å². The monoisotopic (exact) mass is 271 g/mol. The SMILES string of the molecule is CNc1nc(C2(OC)CCC2)ncc1Br. The highest BCUT2D eigenvalue weighted by atomic mass is 79.9. The van der Waals surface area contributed by atoms with Crippen molar-refractivity contribution in [3.63, 3.8) is 0 Å². The Morgan fingerprint density at radius 3 is 2.73 bits per heavy atom. The maximum atomic E-state index is 5.53. The Labute approximate surface area is 97.6 Å². The van der Waals surface area contributed by atoms with Crippen LogP contribution in [0.3, 0.4) is 0 Å². The second kappa shape index (κ2) is 4.06. The summed E-state index contributed by atoms with van der Waals surface area (Å²) in [5.41, 5.74) is -0.244. The number of halogens is 1. The van der Waals surface area contributed by atoms with Gasteiger partial charge in [0.05, 0.1) is 4.47 Å². The molecule has 0 radical (unpaired) electrons. The topological polar surface area (TPSA) is 47.0 Å². The van der Waals surface area contributed by atoms with Gasteiger partial charge in [-0.1, -0.05) is 0 Å². The summed E-state index contributed by atoms with van der Waals surface area (Å²) in [6.45, 7) is 0. The quantitative estimate of drug-likeness (QED) is 0.917. The fourth-order valence-electron chi connectivity index (χ4n) is 1.78. The third-order valence-corrected chi connectivity index (χ3v) is 3.52. The van der Waals surface area contributed by atoms with Crippen molar-refractivity contribution in [2.24, 2.45) is 0 Å². The van der Waals surface area contributed by atoms with Crippen LogP contribution in [0.4, 0.5) is 5.82 Å². The molecule has 0 aliphatic heterocycles. The van der Waals surface area contributed by atoms with Crippen LogP contribution in [0.15, 0.2) is 10.7 Å². The second-order valence-corrected chi connectivity index (χ2v) is 4.55. The molecule has 5 heteroatoms. The molecule has 15 heavy (non-hydrogen) atoms. The van der Waals surface area contributed by atoms with E-state index in [1.54, 1.807) is 13.3 Å². The first-order chi connectivity index (χ1) is 7.22. The lowest BCUT2D eigenvalue weighted by atomic mass is 9.79. The molecule has 1 fully saturated rings. The Hall–Kier alpha value is -0.680. The van der Waals surface area contributed by atoms with Crippen molar-refractivity contribution in [2.45, 2.75) is 24.9 Å². The van der Waals surface area contributed by atoms with Crippen LogP contribution in [-0.4, -0.2) is 24.1 Å². The van der Waals surface area contributed by atoms with Gasteiger partial charge in [0.1, 0.15) is 11.4 Å². The minimum absolute atomic E-state index is 0.244. The molecule has 4 nitrogen and oxygen atoms in total. The van der Waals surface area contributed by atoms with Gasteiger partial charge in [0, 0.05) is 20.4 Å². The molecular weight excluding hydrogens is 258 g/mol. The number of anilines is 1. The fourth-order valence-corrected chi connectivity index (χ4v) is 2.17. The first-order valence-electron chi connectivity index (χ1n) is 4.98. The molecule has 0 spiro atoms. The highest BCUT2D eigenvalue weighted by molar-refractivity contribution is 9.10. The molecule has 1 aromatic rings. The Kier molecular flexibility index (Phi) is 2.93. The Balaban J connectivity index is 2.36. The standard InChI is InChI=1S/C10H14BrN3O/c1-12-8-7(11)6-13-9(14-8)10(15-2)4-3-5-10/h6H,3-5H2,1-2H3,(H,12,13,14). The van der Waals surface area contributed by atoms with Crippen LogP contribution in [-0.2, 0) is 10.3 Å². The minimum Gasteiger partial charge on any atom is -0.372 e. The number of nitrogens with one attached hydrogen (secondary N) is 1. The number of rotatable bonds is 3. The van der Waals surface area contributed by atoms with Gasteiger partial charge in [-0.3, -0.25) is 0 Å². The summed E-state index contributed by atoms with van der Waals surface area (Å²) >= 11 is 3.39. The van der Waals surface area contributed by atoms with Crippen molar-refractivity contribution in [3.05, 3.63) is 16.5 Å². The van der Waals surface area contributed by atoms with Gasteiger partial charge < -0.3 is 10.1 Å². The number of hydrogen-bond donors (Lipinski definition) is 1. The fraction of sp³-hybridized carbons (Fsp3) is 0.600. The predicted octanol–water partition coefficient (Wildman–Crippen LogP) is 2.31. The van der Waals surface area contributed by atoms with Gasteiger partial charge in [0.15, 0.2) is 5.82 Å². The molecule has 0 amide bonds. The third kappa shape index (κ3) is 1.74.